The van der Waals surface area contributed by atoms with Crippen LogP contribution in [-0.2, 0) is 0 Å². The molecule has 18 heavy (non-hydrogen) atoms. The van der Waals surface area contributed by atoms with Gasteiger partial charge < -0.3 is 5.32 Å². The summed E-state index contributed by atoms with van der Waals surface area (Å²) < 4.78 is 0. The maximum atomic E-state index is 3.37. The van der Waals surface area contributed by atoms with Crippen LogP contribution in [0.2, 0.25) is 0 Å². The van der Waals surface area contributed by atoms with Gasteiger partial charge in [0, 0.05) is 11.4 Å². The summed E-state index contributed by atoms with van der Waals surface area (Å²) in [5, 5.41) is 3.37. The first-order chi connectivity index (χ1) is 8.88. The quantitative estimate of drug-likeness (QED) is 0.756. The summed E-state index contributed by atoms with van der Waals surface area (Å²) >= 11 is 0. The largest absolute Gasteiger partial charge is 0.356 e. The van der Waals surface area contributed by atoms with E-state index >= 15 is 0 Å². The molecule has 0 heterocycles. The molecule has 0 amide bonds. The Morgan fingerprint density at radius 1 is 0.889 bits per heavy atom. The van der Waals surface area contributed by atoms with Gasteiger partial charge >= 0.3 is 0 Å². The average Bonchev–Trinajstić information content (AvgIpc) is 2.45. The molecule has 0 aliphatic rings. The summed E-state index contributed by atoms with van der Waals surface area (Å²) in [7, 11) is 0. The monoisotopic (exact) mass is 235 g/mol. The Labute approximate surface area is 108 Å². The first-order valence-corrected chi connectivity index (χ1v) is 6.10. The lowest BCUT2D eigenvalue weighted by molar-refractivity contribution is 1.45. The molecule has 1 heteroatoms. The third kappa shape index (κ3) is 3.63. The average molecular weight is 235 g/mol. The molecule has 2 aromatic rings. The summed E-state index contributed by atoms with van der Waals surface area (Å²) in [6, 6.07) is 20.5. The molecule has 1 nitrogen and oxygen atoms in total. The predicted molar refractivity (Wildman–Crippen MR) is 79.3 cm³/mol. The Balaban J connectivity index is 2.05. The van der Waals surface area contributed by atoms with Crippen LogP contribution in [0, 0.1) is 0 Å². The fourth-order valence-corrected chi connectivity index (χ4v) is 1.65. The molecule has 0 saturated carbocycles. The lowest BCUT2D eigenvalue weighted by atomic mass is 10.2. The first kappa shape index (κ1) is 12.2. The second-order valence-electron chi connectivity index (χ2n) is 3.98. The van der Waals surface area contributed by atoms with Gasteiger partial charge in [0.15, 0.2) is 0 Å². The highest BCUT2D eigenvalue weighted by Gasteiger charge is 1.92. The Kier molecular flexibility index (Phi) is 4.37. The molecule has 0 aromatic heterocycles. The highest BCUT2D eigenvalue weighted by Crippen LogP contribution is 2.11. The molecule has 0 aliphatic heterocycles. The van der Waals surface area contributed by atoms with Gasteiger partial charge in [-0.1, -0.05) is 60.7 Å². The Bertz CT molecular complexity index is 524. The van der Waals surface area contributed by atoms with Crippen molar-refractivity contribution in [3.63, 3.8) is 0 Å². The fraction of sp³-hybridized carbons (Fsp3) is 0.0588. The first-order valence-electron chi connectivity index (χ1n) is 6.10. The third-order valence-corrected chi connectivity index (χ3v) is 2.63. The zero-order chi connectivity index (χ0) is 12.6. The van der Waals surface area contributed by atoms with Crippen LogP contribution in [-0.4, -0.2) is 0 Å². The van der Waals surface area contributed by atoms with Crippen molar-refractivity contribution in [2.45, 2.75) is 6.92 Å². The standard InChI is InChI=1S/C17H17N/c1-2-16(18-17-11-7-4-8-12-17)14-13-15-9-5-3-6-10-15/h2-14,18H,1H3/b14-13+,16-2+. The number of hydrogen-bond acceptors (Lipinski definition) is 1. The van der Waals surface area contributed by atoms with Crippen LogP contribution < -0.4 is 5.32 Å². The zero-order valence-electron chi connectivity index (χ0n) is 10.5. The van der Waals surface area contributed by atoms with Crippen LogP contribution in [0.15, 0.2) is 78.5 Å². The van der Waals surface area contributed by atoms with Crippen molar-refractivity contribution in [1.29, 1.82) is 0 Å². The summed E-state index contributed by atoms with van der Waals surface area (Å²) in [5.41, 5.74) is 3.39. The van der Waals surface area contributed by atoms with Crippen molar-refractivity contribution in [2.24, 2.45) is 0 Å². The van der Waals surface area contributed by atoms with Crippen LogP contribution in [0.5, 0.6) is 0 Å². The van der Waals surface area contributed by atoms with Gasteiger partial charge in [-0.15, -0.1) is 0 Å². The Morgan fingerprint density at radius 3 is 2.11 bits per heavy atom. The van der Waals surface area contributed by atoms with E-state index in [1.807, 2.05) is 43.3 Å². The Morgan fingerprint density at radius 2 is 1.50 bits per heavy atom. The molecular formula is C17H17N. The van der Waals surface area contributed by atoms with Crippen molar-refractivity contribution in [2.75, 3.05) is 5.32 Å². The van der Waals surface area contributed by atoms with Gasteiger partial charge in [0.2, 0.25) is 0 Å². The van der Waals surface area contributed by atoms with E-state index in [0.717, 1.165) is 11.4 Å². The SMILES string of the molecule is C/C=C(\C=C\c1ccccc1)Nc1ccccc1. The molecule has 1 N–H and O–H groups in total. The molecule has 0 saturated heterocycles. The number of allylic oxidation sites excluding steroid dienone is 2. The summed E-state index contributed by atoms with van der Waals surface area (Å²) in [5.74, 6) is 0. The molecule has 0 atom stereocenters. The van der Waals surface area contributed by atoms with Gasteiger partial charge in [0.05, 0.1) is 0 Å². The lowest BCUT2D eigenvalue weighted by Crippen LogP contribution is -1.95. The fourth-order valence-electron chi connectivity index (χ4n) is 1.65. The number of hydrogen-bond donors (Lipinski definition) is 1. The van der Waals surface area contributed by atoms with Crippen LogP contribution in [0.1, 0.15) is 12.5 Å². The minimum atomic E-state index is 1.09. The number of anilines is 1. The van der Waals surface area contributed by atoms with Crippen molar-refractivity contribution < 1.29 is 0 Å². The van der Waals surface area contributed by atoms with E-state index in [-0.39, 0.29) is 0 Å². The zero-order valence-corrected chi connectivity index (χ0v) is 10.5. The number of benzene rings is 2. The molecule has 0 aliphatic carbocycles. The van der Waals surface area contributed by atoms with Gasteiger partial charge in [0.1, 0.15) is 0 Å². The summed E-state index contributed by atoms with van der Waals surface area (Å²) in [4.78, 5) is 0. The topological polar surface area (TPSA) is 12.0 Å². The third-order valence-electron chi connectivity index (χ3n) is 2.63. The normalized spacial score (nSPS) is 11.7. The van der Waals surface area contributed by atoms with Crippen molar-refractivity contribution >= 4 is 11.8 Å². The summed E-state index contributed by atoms with van der Waals surface area (Å²) in [6.07, 6.45) is 6.25. The van der Waals surface area contributed by atoms with E-state index in [4.69, 9.17) is 0 Å². The van der Waals surface area contributed by atoms with Crippen LogP contribution in [0.3, 0.4) is 0 Å². The van der Waals surface area contributed by atoms with E-state index in [0.29, 0.717) is 0 Å². The molecule has 0 unspecified atom stereocenters. The number of rotatable bonds is 4. The van der Waals surface area contributed by atoms with E-state index in [1.54, 1.807) is 0 Å². The van der Waals surface area contributed by atoms with Gasteiger partial charge in [-0.25, -0.2) is 0 Å². The van der Waals surface area contributed by atoms with Gasteiger partial charge in [-0.2, -0.15) is 0 Å². The molecule has 0 bridgehead atoms. The molecule has 2 rings (SSSR count). The van der Waals surface area contributed by atoms with Crippen molar-refractivity contribution in [3.8, 4) is 0 Å². The second kappa shape index (κ2) is 6.45. The van der Waals surface area contributed by atoms with Crippen LogP contribution in [0.25, 0.3) is 6.08 Å². The van der Waals surface area contributed by atoms with Crippen molar-refractivity contribution in [3.05, 3.63) is 84.1 Å². The molecule has 2 aromatic carbocycles. The molecule has 0 spiro atoms. The van der Waals surface area contributed by atoms with Gasteiger partial charge in [-0.3, -0.25) is 0 Å². The highest BCUT2D eigenvalue weighted by molar-refractivity contribution is 5.57. The van der Waals surface area contributed by atoms with Crippen LogP contribution in [0.4, 0.5) is 5.69 Å². The smallest absolute Gasteiger partial charge is 0.0384 e. The lowest BCUT2D eigenvalue weighted by Gasteiger charge is -2.06. The minimum absolute atomic E-state index is 1.09. The molecule has 90 valence electrons. The highest BCUT2D eigenvalue weighted by atomic mass is 14.9. The molecule has 0 fully saturated rings. The van der Waals surface area contributed by atoms with E-state index in [9.17, 15) is 0 Å². The molecule has 0 radical (unpaired) electrons. The minimum Gasteiger partial charge on any atom is -0.356 e. The number of para-hydroxylation sites is 1. The van der Waals surface area contributed by atoms with E-state index in [1.165, 1.54) is 5.56 Å². The van der Waals surface area contributed by atoms with Crippen LogP contribution >= 0.6 is 0 Å². The van der Waals surface area contributed by atoms with E-state index in [2.05, 4.69) is 47.8 Å². The van der Waals surface area contributed by atoms with Gasteiger partial charge in [0.25, 0.3) is 0 Å². The predicted octanol–water partition coefficient (Wildman–Crippen LogP) is 4.72. The Hall–Kier alpha value is -2.28. The number of nitrogens with one attached hydrogen (secondary N) is 1. The maximum Gasteiger partial charge on any atom is 0.0384 e. The second-order valence-corrected chi connectivity index (χ2v) is 3.98. The van der Waals surface area contributed by atoms with Gasteiger partial charge in [-0.05, 0) is 30.7 Å². The van der Waals surface area contributed by atoms with Crippen molar-refractivity contribution in [1.82, 2.24) is 0 Å². The van der Waals surface area contributed by atoms with E-state index < -0.39 is 0 Å². The maximum absolute atomic E-state index is 3.37. The summed E-state index contributed by atoms with van der Waals surface area (Å²) in [6.45, 7) is 2.03. The molecular weight excluding hydrogens is 218 g/mol.